The van der Waals surface area contributed by atoms with Crippen molar-refractivity contribution in [2.75, 3.05) is 11.9 Å². The van der Waals surface area contributed by atoms with Crippen LogP contribution in [0.15, 0.2) is 24.3 Å². The molecule has 3 N–H and O–H groups in total. The molecule has 0 amide bonds. The van der Waals surface area contributed by atoms with Crippen LogP contribution in [-0.2, 0) is 0 Å². The minimum absolute atomic E-state index is 0.432. The number of nitrogens with zero attached hydrogens (tertiary/aromatic N) is 1. The zero-order chi connectivity index (χ0) is 12.7. The minimum Gasteiger partial charge on any atom is -0.353 e. The number of H-pyrrole nitrogens is 1. The molecule has 1 atom stereocenters. The molecule has 2 fully saturated rings. The molecule has 1 aromatic carbocycles. The van der Waals surface area contributed by atoms with Gasteiger partial charge in [-0.25, -0.2) is 4.98 Å². The van der Waals surface area contributed by atoms with Crippen LogP contribution in [0.25, 0.3) is 11.0 Å². The van der Waals surface area contributed by atoms with E-state index < -0.39 is 0 Å². The van der Waals surface area contributed by atoms with E-state index in [-0.39, 0.29) is 0 Å². The Bertz CT molecular complexity index is 552. The zero-order valence-electron chi connectivity index (χ0n) is 11.1. The summed E-state index contributed by atoms with van der Waals surface area (Å²) in [7, 11) is 0. The number of benzene rings is 1. The summed E-state index contributed by atoms with van der Waals surface area (Å²) in [4.78, 5) is 7.97. The van der Waals surface area contributed by atoms with E-state index in [1.165, 1.54) is 32.1 Å². The number of aromatic nitrogens is 2. The summed E-state index contributed by atoms with van der Waals surface area (Å²) in [5.41, 5.74) is 2.58. The number of anilines is 1. The molecular weight excluding hydrogens is 236 g/mol. The van der Waals surface area contributed by atoms with Crippen molar-refractivity contribution in [1.82, 2.24) is 15.3 Å². The van der Waals surface area contributed by atoms with Crippen molar-refractivity contribution in [3.63, 3.8) is 0 Å². The van der Waals surface area contributed by atoms with Gasteiger partial charge in [0.2, 0.25) is 5.95 Å². The predicted molar refractivity (Wildman–Crippen MR) is 77.3 cm³/mol. The minimum atomic E-state index is 0.432. The molecule has 4 nitrogen and oxygen atoms in total. The van der Waals surface area contributed by atoms with Gasteiger partial charge in [-0.05, 0) is 50.8 Å². The number of nitrogens with one attached hydrogen (secondary N) is 3. The highest BCUT2D eigenvalue weighted by molar-refractivity contribution is 5.77. The molecule has 100 valence electrons. The van der Waals surface area contributed by atoms with Crippen LogP contribution < -0.4 is 10.6 Å². The van der Waals surface area contributed by atoms with Gasteiger partial charge >= 0.3 is 0 Å². The predicted octanol–water partition coefficient (Wildman–Crippen LogP) is 2.65. The van der Waals surface area contributed by atoms with Crippen LogP contribution in [0.4, 0.5) is 5.95 Å². The van der Waals surface area contributed by atoms with Crippen LogP contribution in [0.3, 0.4) is 0 Å². The first-order chi connectivity index (χ1) is 9.33. The molecular formula is C15H20N4. The normalized spacial score (nSPS) is 25.4. The number of imidazole rings is 1. The molecule has 1 aliphatic heterocycles. The summed E-state index contributed by atoms with van der Waals surface area (Å²) >= 11 is 0. The summed E-state index contributed by atoms with van der Waals surface area (Å²) in [6, 6.07) is 8.73. The summed E-state index contributed by atoms with van der Waals surface area (Å²) in [6.45, 7) is 1.12. The van der Waals surface area contributed by atoms with Crippen molar-refractivity contribution in [2.24, 2.45) is 0 Å². The standard InChI is InChI=1S/C15H20N4/c1-2-5-13-12(4-1)18-14(19-13)17-11-6-9-16-15(10-11)7-3-8-15/h1-2,4-5,11,16H,3,6-10H2,(H2,17,18,19). The van der Waals surface area contributed by atoms with Crippen molar-refractivity contribution in [3.05, 3.63) is 24.3 Å². The second-order valence-corrected chi connectivity index (χ2v) is 6.00. The van der Waals surface area contributed by atoms with E-state index in [1.54, 1.807) is 0 Å². The van der Waals surface area contributed by atoms with Crippen LogP contribution in [0, 0.1) is 0 Å². The van der Waals surface area contributed by atoms with E-state index in [1.807, 2.05) is 18.2 Å². The van der Waals surface area contributed by atoms with Crippen LogP contribution >= 0.6 is 0 Å². The number of para-hydroxylation sites is 2. The Hall–Kier alpha value is -1.55. The fourth-order valence-electron chi connectivity index (χ4n) is 3.48. The largest absolute Gasteiger partial charge is 0.353 e. The SMILES string of the molecule is c1ccc2[nH]c(NC3CCNC4(CCC4)C3)nc2c1. The molecule has 2 aromatic rings. The van der Waals surface area contributed by atoms with Crippen molar-refractivity contribution >= 4 is 17.0 Å². The van der Waals surface area contributed by atoms with Gasteiger partial charge in [-0.15, -0.1) is 0 Å². The fraction of sp³-hybridized carbons (Fsp3) is 0.533. The van der Waals surface area contributed by atoms with Gasteiger partial charge in [0.15, 0.2) is 0 Å². The highest BCUT2D eigenvalue weighted by Gasteiger charge is 2.40. The second-order valence-electron chi connectivity index (χ2n) is 6.00. The number of fused-ring (bicyclic) bond motifs is 1. The quantitative estimate of drug-likeness (QED) is 0.774. The lowest BCUT2D eigenvalue weighted by atomic mass is 9.70. The Morgan fingerprint density at radius 2 is 2.16 bits per heavy atom. The maximum absolute atomic E-state index is 4.61. The number of hydrogen-bond donors (Lipinski definition) is 3. The molecule has 19 heavy (non-hydrogen) atoms. The van der Waals surface area contributed by atoms with E-state index in [0.29, 0.717) is 11.6 Å². The van der Waals surface area contributed by atoms with Crippen LogP contribution in [-0.4, -0.2) is 28.1 Å². The first kappa shape index (κ1) is 11.3. The van der Waals surface area contributed by atoms with E-state index in [2.05, 4.69) is 26.7 Å². The molecule has 1 aromatic heterocycles. The van der Waals surface area contributed by atoms with Crippen molar-refractivity contribution in [1.29, 1.82) is 0 Å². The van der Waals surface area contributed by atoms with Crippen LogP contribution in [0.2, 0.25) is 0 Å². The maximum atomic E-state index is 4.61. The summed E-state index contributed by atoms with van der Waals surface area (Å²) in [5.74, 6) is 0.919. The van der Waals surface area contributed by atoms with Gasteiger partial charge in [0, 0.05) is 11.6 Å². The molecule has 0 bridgehead atoms. The molecule has 2 heterocycles. The van der Waals surface area contributed by atoms with Crippen molar-refractivity contribution in [3.8, 4) is 0 Å². The van der Waals surface area contributed by atoms with Crippen LogP contribution in [0.5, 0.6) is 0 Å². The Kier molecular flexibility index (Phi) is 2.52. The van der Waals surface area contributed by atoms with Gasteiger partial charge in [-0.2, -0.15) is 0 Å². The van der Waals surface area contributed by atoms with E-state index in [4.69, 9.17) is 0 Å². The first-order valence-corrected chi connectivity index (χ1v) is 7.29. The number of aromatic amines is 1. The Balaban J connectivity index is 1.51. The third-order valence-electron chi connectivity index (χ3n) is 4.67. The van der Waals surface area contributed by atoms with Gasteiger partial charge in [0.1, 0.15) is 0 Å². The lowest BCUT2D eigenvalue weighted by molar-refractivity contribution is 0.135. The maximum Gasteiger partial charge on any atom is 0.201 e. The van der Waals surface area contributed by atoms with E-state index >= 15 is 0 Å². The second kappa shape index (κ2) is 4.23. The Labute approximate surface area is 113 Å². The molecule has 1 aliphatic carbocycles. The first-order valence-electron chi connectivity index (χ1n) is 7.29. The molecule has 1 spiro atoms. The monoisotopic (exact) mass is 256 g/mol. The van der Waals surface area contributed by atoms with Crippen molar-refractivity contribution < 1.29 is 0 Å². The van der Waals surface area contributed by atoms with E-state index in [9.17, 15) is 0 Å². The average Bonchev–Trinajstić information content (AvgIpc) is 2.79. The third-order valence-corrected chi connectivity index (χ3v) is 4.67. The number of hydrogen-bond acceptors (Lipinski definition) is 3. The zero-order valence-corrected chi connectivity index (χ0v) is 11.1. The molecule has 1 saturated carbocycles. The number of piperidine rings is 1. The van der Waals surface area contributed by atoms with Crippen LogP contribution in [0.1, 0.15) is 32.1 Å². The molecule has 4 heteroatoms. The topological polar surface area (TPSA) is 52.7 Å². The van der Waals surface area contributed by atoms with E-state index in [0.717, 1.165) is 23.5 Å². The van der Waals surface area contributed by atoms with Gasteiger partial charge in [0.25, 0.3) is 0 Å². The highest BCUT2D eigenvalue weighted by atomic mass is 15.2. The van der Waals surface area contributed by atoms with Gasteiger partial charge in [-0.3, -0.25) is 0 Å². The summed E-state index contributed by atoms with van der Waals surface area (Å²) < 4.78 is 0. The smallest absolute Gasteiger partial charge is 0.201 e. The molecule has 2 aliphatic rings. The molecule has 0 radical (unpaired) electrons. The van der Waals surface area contributed by atoms with Gasteiger partial charge in [-0.1, -0.05) is 12.1 Å². The fourth-order valence-corrected chi connectivity index (χ4v) is 3.48. The van der Waals surface area contributed by atoms with Gasteiger partial charge < -0.3 is 15.6 Å². The Morgan fingerprint density at radius 3 is 2.95 bits per heavy atom. The lowest BCUT2D eigenvalue weighted by Gasteiger charge is -2.48. The summed E-state index contributed by atoms with van der Waals surface area (Å²) in [5, 5.41) is 7.29. The van der Waals surface area contributed by atoms with Gasteiger partial charge in [0.05, 0.1) is 11.0 Å². The Morgan fingerprint density at radius 1 is 1.26 bits per heavy atom. The molecule has 1 unspecified atom stereocenters. The molecule has 1 saturated heterocycles. The lowest BCUT2D eigenvalue weighted by Crippen LogP contribution is -2.58. The number of rotatable bonds is 2. The molecule has 4 rings (SSSR count). The van der Waals surface area contributed by atoms with Crippen molar-refractivity contribution in [2.45, 2.75) is 43.7 Å². The highest BCUT2D eigenvalue weighted by Crippen LogP contribution is 2.38. The average molecular weight is 256 g/mol. The summed E-state index contributed by atoms with van der Waals surface area (Å²) in [6.07, 6.45) is 6.46. The third kappa shape index (κ3) is 2.00.